The quantitative estimate of drug-likeness (QED) is 0.818. The molecule has 2 rings (SSSR count). The summed E-state index contributed by atoms with van der Waals surface area (Å²) in [5.74, 6) is 1.15. The minimum atomic E-state index is -3.43. The highest BCUT2D eigenvalue weighted by Crippen LogP contribution is 2.38. The van der Waals surface area contributed by atoms with Crippen LogP contribution in [-0.4, -0.2) is 29.7 Å². The number of hydrogen-bond donors (Lipinski definition) is 0. The fourth-order valence-electron chi connectivity index (χ4n) is 2.15. The Hall–Kier alpha value is -2.21. The van der Waals surface area contributed by atoms with Crippen molar-refractivity contribution in [3.8, 4) is 17.2 Å². The van der Waals surface area contributed by atoms with Crippen LogP contribution >= 0.6 is 0 Å². The predicted octanol–water partition coefficient (Wildman–Crippen LogP) is 2.69. The summed E-state index contributed by atoms with van der Waals surface area (Å²) in [5.41, 5.74) is 0.568. The lowest BCUT2D eigenvalue weighted by Crippen LogP contribution is -2.06. The highest BCUT2D eigenvalue weighted by atomic mass is 32.2. The van der Waals surface area contributed by atoms with Gasteiger partial charge >= 0.3 is 0 Å². The Morgan fingerprint density at radius 2 is 1.41 bits per heavy atom. The lowest BCUT2D eigenvalue weighted by atomic mass is 10.2. The Morgan fingerprint density at radius 1 is 0.864 bits per heavy atom. The van der Waals surface area contributed by atoms with E-state index < -0.39 is 9.84 Å². The molecule has 0 fully saturated rings. The second-order valence-corrected chi connectivity index (χ2v) is 6.60. The molecule has 0 atom stereocenters. The maximum Gasteiger partial charge on any atom is 0.203 e. The third kappa shape index (κ3) is 3.33. The summed E-state index contributed by atoms with van der Waals surface area (Å²) in [6, 6.07) is 11.6. The van der Waals surface area contributed by atoms with Gasteiger partial charge in [-0.1, -0.05) is 18.2 Å². The van der Waals surface area contributed by atoms with E-state index in [0.29, 0.717) is 22.8 Å². The zero-order chi connectivity index (χ0) is 16.2. The maximum atomic E-state index is 12.4. The van der Waals surface area contributed by atoms with Crippen LogP contribution in [0.25, 0.3) is 0 Å². The van der Waals surface area contributed by atoms with Crippen molar-refractivity contribution in [3.05, 3.63) is 48.0 Å². The standard InChI is InChI=1S/C16H18O5S/c1-19-14-9-12(10-15(20-2)16(14)21-3)11-22(17,18)13-7-5-4-6-8-13/h4-10H,11H2,1-3H3. The van der Waals surface area contributed by atoms with Gasteiger partial charge in [0.25, 0.3) is 0 Å². The van der Waals surface area contributed by atoms with Gasteiger partial charge in [-0.3, -0.25) is 0 Å². The van der Waals surface area contributed by atoms with Crippen LogP contribution in [0.2, 0.25) is 0 Å². The summed E-state index contributed by atoms with van der Waals surface area (Å²) in [6.07, 6.45) is 0. The summed E-state index contributed by atoms with van der Waals surface area (Å²) in [7, 11) is 1.05. The predicted molar refractivity (Wildman–Crippen MR) is 83.4 cm³/mol. The lowest BCUT2D eigenvalue weighted by molar-refractivity contribution is 0.324. The van der Waals surface area contributed by atoms with E-state index in [1.165, 1.54) is 21.3 Å². The van der Waals surface area contributed by atoms with Gasteiger partial charge in [0.15, 0.2) is 21.3 Å². The van der Waals surface area contributed by atoms with E-state index >= 15 is 0 Å². The molecule has 0 saturated carbocycles. The third-order valence-corrected chi connectivity index (χ3v) is 4.89. The topological polar surface area (TPSA) is 61.8 Å². The van der Waals surface area contributed by atoms with Crippen LogP contribution in [0, 0.1) is 0 Å². The molecule has 6 heteroatoms. The molecule has 0 radical (unpaired) electrons. The van der Waals surface area contributed by atoms with Gasteiger partial charge in [0, 0.05) is 0 Å². The van der Waals surface area contributed by atoms with E-state index in [9.17, 15) is 8.42 Å². The molecule has 0 unspecified atom stereocenters. The smallest absolute Gasteiger partial charge is 0.203 e. The molecule has 118 valence electrons. The molecule has 5 nitrogen and oxygen atoms in total. The molecule has 0 aliphatic rings. The number of sulfone groups is 1. The van der Waals surface area contributed by atoms with Crippen molar-refractivity contribution in [1.29, 1.82) is 0 Å². The van der Waals surface area contributed by atoms with Crippen LogP contribution in [0.1, 0.15) is 5.56 Å². The first-order valence-corrected chi connectivity index (χ1v) is 8.23. The van der Waals surface area contributed by atoms with Crippen LogP contribution in [0.3, 0.4) is 0 Å². The molecule has 0 spiro atoms. The molecule has 0 aliphatic heterocycles. The van der Waals surface area contributed by atoms with Gasteiger partial charge in [-0.25, -0.2) is 8.42 Å². The van der Waals surface area contributed by atoms with E-state index in [4.69, 9.17) is 14.2 Å². The zero-order valence-corrected chi connectivity index (χ0v) is 13.5. The van der Waals surface area contributed by atoms with Gasteiger partial charge in [0.05, 0.1) is 32.0 Å². The summed E-state index contributed by atoms with van der Waals surface area (Å²) < 4.78 is 40.6. The molecular weight excluding hydrogens is 304 g/mol. The maximum absolute atomic E-state index is 12.4. The van der Waals surface area contributed by atoms with Crippen molar-refractivity contribution in [1.82, 2.24) is 0 Å². The molecular formula is C16H18O5S. The van der Waals surface area contributed by atoms with Gasteiger partial charge in [-0.05, 0) is 29.8 Å². The fraction of sp³-hybridized carbons (Fsp3) is 0.250. The van der Waals surface area contributed by atoms with Crippen molar-refractivity contribution in [2.24, 2.45) is 0 Å². The normalized spacial score (nSPS) is 11.0. The first-order valence-electron chi connectivity index (χ1n) is 6.58. The van der Waals surface area contributed by atoms with Gasteiger partial charge in [-0.15, -0.1) is 0 Å². The molecule has 0 heterocycles. The Labute approximate surface area is 130 Å². The van der Waals surface area contributed by atoms with Gasteiger partial charge in [0.1, 0.15) is 0 Å². The van der Waals surface area contributed by atoms with E-state index in [1.54, 1.807) is 42.5 Å². The van der Waals surface area contributed by atoms with Crippen LogP contribution in [0.4, 0.5) is 0 Å². The van der Waals surface area contributed by atoms with Gasteiger partial charge in [-0.2, -0.15) is 0 Å². The molecule has 22 heavy (non-hydrogen) atoms. The molecule has 0 bridgehead atoms. The van der Waals surface area contributed by atoms with Crippen LogP contribution in [0.15, 0.2) is 47.4 Å². The van der Waals surface area contributed by atoms with Crippen LogP contribution < -0.4 is 14.2 Å². The minimum absolute atomic E-state index is 0.145. The van der Waals surface area contributed by atoms with E-state index in [1.807, 2.05) is 0 Å². The Bertz CT molecular complexity index is 713. The largest absolute Gasteiger partial charge is 0.493 e. The summed E-state index contributed by atoms with van der Waals surface area (Å²) >= 11 is 0. The molecule has 0 aromatic heterocycles. The second kappa shape index (κ2) is 6.70. The van der Waals surface area contributed by atoms with E-state index in [-0.39, 0.29) is 10.6 Å². The van der Waals surface area contributed by atoms with Crippen molar-refractivity contribution in [3.63, 3.8) is 0 Å². The van der Waals surface area contributed by atoms with Crippen molar-refractivity contribution in [2.75, 3.05) is 21.3 Å². The van der Waals surface area contributed by atoms with Gasteiger partial charge in [0.2, 0.25) is 5.75 Å². The van der Waals surface area contributed by atoms with Crippen LogP contribution in [-0.2, 0) is 15.6 Å². The average molecular weight is 322 g/mol. The number of hydrogen-bond acceptors (Lipinski definition) is 5. The van der Waals surface area contributed by atoms with Crippen LogP contribution in [0.5, 0.6) is 17.2 Å². The molecule has 0 aliphatic carbocycles. The van der Waals surface area contributed by atoms with E-state index in [2.05, 4.69) is 0 Å². The fourth-order valence-corrected chi connectivity index (χ4v) is 3.49. The van der Waals surface area contributed by atoms with Gasteiger partial charge < -0.3 is 14.2 Å². The minimum Gasteiger partial charge on any atom is -0.493 e. The first kappa shape index (κ1) is 16.2. The summed E-state index contributed by atoms with van der Waals surface area (Å²) in [6.45, 7) is 0. The highest BCUT2D eigenvalue weighted by molar-refractivity contribution is 7.90. The Morgan fingerprint density at radius 3 is 1.86 bits per heavy atom. The lowest BCUT2D eigenvalue weighted by Gasteiger charge is -2.14. The summed E-state index contributed by atoms with van der Waals surface area (Å²) in [4.78, 5) is 0.281. The number of benzene rings is 2. The van der Waals surface area contributed by atoms with Crippen molar-refractivity contribution >= 4 is 9.84 Å². The highest BCUT2D eigenvalue weighted by Gasteiger charge is 2.19. The molecule has 2 aromatic rings. The molecule has 0 saturated heterocycles. The summed E-state index contributed by atoms with van der Waals surface area (Å²) in [5, 5.41) is 0. The van der Waals surface area contributed by atoms with Crippen molar-refractivity contribution < 1.29 is 22.6 Å². The number of rotatable bonds is 6. The monoisotopic (exact) mass is 322 g/mol. The van der Waals surface area contributed by atoms with Crippen molar-refractivity contribution in [2.45, 2.75) is 10.6 Å². The number of methoxy groups -OCH3 is 3. The molecule has 0 N–H and O–H groups in total. The Balaban J connectivity index is 2.42. The number of ether oxygens (including phenoxy) is 3. The zero-order valence-electron chi connectivity index (χ0n) is 12.7. The first-order chi connectivity index (χ1) is 10.5. The second-order valence-electron chi connectivity index (χ2n) is 4.61. The SMILES string of the molecule is COc1cc(CS(=O)(=O)c2ccccc2)cc(OC)c1OC. The average Bonchev–Trinajstić information content (AvgIpc) is 2.54. The van der Waals surface area contributed by atoms with E-state index in [0.717, 1.165) is 0 Å². The third-order valence-electron chi connectivity index (χ3n) is 3.18. The molecule has 2 aromatic carbocycles. The Kier molecular flexibility index (Phi) is 4.92. The molecule has 0 amide bonds.